The Labute approximate surface area is 219 Å². The van der Waals surface area contributed by atoms with E-state index in [0.717, 1.165) is 15.9 Å². The van der Waals surface area contributed by atoms with E-state index in [1.165, 1.54) is 41.3 Å². The molecule has 3 aromatic carbocycles. The van der Waals surface area contributed by atoms with Gasteiger partial charge in [0.1, 0.15) is 24.2 Å². The standard InChI is InChI=1S/C28H29FN6O3/c1-18-8-10-20(11-9-18)26-31-33-34(32-26)17-24(37)35(22-6-5-7-23(36)16-22)25(27(38)30-28(2,3)4)19-12-14-21(29)15-13-19/h5-16,25,36H,17H2,1-4H3,(H,30,38). The smallest absolute Gasteiger partial charge is 0.251 e. The minimum absolute atomic E-state index is 0.0880. The highest BCUT2D eigenvalue weighted by Crippen LogP contribution is 2.31. The molecule has 0 aliphatic carbocycles. The number of nitrogens with one attached hydrogen (secondary N) is 1. The summed E-state index contributed by atoms with van der Waals surface area (Å²) in [6, 6.07) is 17.8. The van der Waals surface area contributed by atoms with E-state index in [0.29, 0.717) is 11.4 Å². The number of anilines is 1. The molecule has 0 bridgehead atoms. The summed E-state index contributed by atoms with van der Waals surface area (Å²) in [6.45, 7) is 7.09. The summed E-state index contributed by atoms with van der Waals surface area (Å²) in [5, 5.41) is 25.5. The number of carbonyl (C=O) groups is 2. The van der Waals surface area contributed by atoms with E-state index in [9.17, 15) is 19.1 Å². The Morgan fingerprint density at radius 2 is 1.74 bits per heavy atom. The first-order valence-corrected chi connectivity index (χ1v) is 12.0. The van der Waals surface area contributed by atoms with Crippen molar-refractivity contribution in [3.8, 4) is 17.1 Å². The van der Waals surface area contributed by atoms with Crippen LogP contribution < -0.4 is 10.2 Å². The second-order valence-corrected chi connectivity index (χ2v) is 9.99. The molecule has 0 fully saturated rings. The molecule has 0 aliphatic heterocycles. The molecule has 1 unspecified atom stereocenters. The van der Waals surface area contributed by atoms with Crippen LogP contribution in [0, 0.1) is 12.7 Å². The maximum atomic E-state index is 13.8. The lowest BCUT2D eigenvalue weighted by molar-refractivity contribution is -0.128. The van der Waals surface area contributed by atoms with Gasteiger partial charge in [0, 0.05) is 22.9 Å². The first-order valence-electron chi connectivity index (χ1n) is 12.0. The summed E-state index contributed by atoms with van der Waals surface area (Å²) in [7, 11) is 0. The number of halogens is 1. The van der Waals surface area contributed by atoms with Crippen molar-refractivity contribution < 1.29 is 19.1 Å². The van der Waals surface area contributed by atoms with E-state index >= 15 is 0 Å². The van der Waals surface area contributed by atoms with Gasteiger partial charge < -0.3 is 10.4 Å². The Bertz CT molecular complexity index is 1430. The van der Waals surface area contributed by atoms with E-state index in [1.54, 1.807) is 12.1 Å². The highest BCUT2D eigenvalue weighted by Gasteiger charge is 2.35. The van der Waals surface area contributed by atoms with Crippen molar-refractivity contribution in [2.24, 2.45) is 0 Å². The number of hydrogen-bond donors (Lipinski definition) is 2. The summed E-state index contributed by atoms with van der Waals surface area (Å²) < 4.78 is 13.8. The molecule has 0 aliphatic rings. The molecule has 4 aromatic rings. The topological polar surface area (TPSA) is 113 Å². The summed E-state index contributed by atoms with van der Waals surface area (Å²) in [4.78, 5) is 29.8. The molecule has 38 heavy (non-hydrogen) atoms. The van der Waals surface area contributed by atoms with Gasteiger partial charge in [-0.25, -0.2) is 4.39 Å². The lowest BCUT2D eigenvalue weighted by atomic mass is 10.0. The van der Waals surface area contributed by atoms with Crippen LogP contribution in [-0.4, -0.2) is 42.7 Å². The van der Waals surface area contributed by atoms with Crippen LogP contribution in [0.2, 0.25) is 0 Å². The van der Waals surface area contributed by atoms with Crippen molar-refractivity contribution in [3.05, 3.63) is 89.7 Å². The van der Waals surface area contributed by atoms with Gasteiger partial charge in [-0.1, -0.05) is 48.0 Å². The molecule has 0 saturated heterocycles. The Hall–Kier alpha value is -4.60. The van der Waals surface area contributed by atoms with Crippen molar-refractivity contribution >= 4 is 17.5 Å². The predicted molar refractivity (Wildman–Crippen MR) is 141 cm³/mol. The van der Waals surface area contributed by atoms with E-state index in [2.05, 4.69) is 20.7 Å². The molecule has 0 radical (unpaired) electrons. The number of tetrazole rings is 1. The van der Waals surface area contributed by atoms with Gasteiger partial charge >= 0.3 is 0 Å². The molecule has 10 heteroatoms. The lowest BCUT2D eigenvalue weighted by Crippen LogP contribution is -2.50. The second-order valence-electron chi connectivity index (χ2n) is 9.99. The van der Waals surface area contributed by atoms with Crippen LogP contribution in [0.15, 0.2) is 72.8 Å². The number of amides is 2. The van der Waals surface area contributed by atoms with Gasteiger partial charge in [0.05, 0.1) is 0 Å². The van der Waals surface area contributed by atoms with E-state index < -0.39 is 29.2 Å². The number of rotatable bonds is 7. The molecule has 9 nitrogen and oxygen atoms in total. The van der Waals surface area contributed by atoms with Gasteiger partial charge in [-0.3, -0.25) is 14.5 Å². The monoisotopic (exact) mass is 516 g/mol. The molecule has 2 N–H and O–H groups in total. The zero-order valence-electron chi connectivity index (χ0n) is 21.6. The fraction of sp³-hybridized carbons (Fsp3) is 0.250. The van der Waals surface area contributed by atoms with Crippen LogP contribution in [0.1, 0.15) is 37.9 Å². The van der Waals surface area contributed by atoms with Crippen LogP contribution in [0.3, 0.4) is 0 Å². The van der Waals surface area contributed by atoms with Crippen LogP contribution in [0.25, 0.3) is 11.4 Å². The average Bonchev–Trinajstić information content (AvgIpc) is 3.30. The summed E-state index contributed by atoms with van der Waals surface area (Å²) in [6.07, 6.45) is 0. The molecule has 0 spiro atoms. The fourth-order valence-corrected chi connectivity index (χ4v) is 3.91. The van der Waals surface area contributed by atoms with Crippen LogP contribution in [0.5, 0.6) is 5.75 Å². The first-order chi connectivity index (χ1) is 18.0. The number of phenols is 1. The van der Waals surface area contributed by atoms with E-state index in [1.807, 2.05) is 52.0 Å². The summed E-state index contributed by atoms with van der Waals surface area (Å²) in [5.74, 6) is -1.24. The zero-order chi connectivity index (χ0) is 27.4. The highest BCUT2D eigenvalue weighted by atomic mass is 19.1. The third-order valence-corrected chi connectivity index (χ3v) is 5.61. The Morgan fingerprint density at radius 1 is 1.05 bits per heavy atom. The van der Waals surface area contributed by atoms with Crippen molar-refractivity contribution in [2.45, 2.75) is 45.8 Å². The predicted octanol–water partition coefficient (Wildman–Crippen LogP) is 4.18. The Kier molecular flexibility index (Phi) is 7.52. The second kappa shape index (κ2) is 10.8. The molecule has 1 heterocycles. The summed E-state index contributed by atoms with van der Waals surface area (Å²) >= 11 is 0. The number of aromatic hydroxyl groups is 1. The Morgan fingerprint density at radius 3 is 2.37 bits per heavy atom. The minimum Gasteiger partial charge on any atom is -0.508 e. The molecule has 1 aromatic heterocycles. The van der Waals surface area contributed by atoms with Gasteiger partial charge in [0.2, 0.25) is 11.7 Å². The van der Waals surface area contributed by atoms with Gasteiger partial charge in [-0.05, 0) is 62.7 Å². The van der Waals surface area contributed by atoms with Crippen molar-refractivity contribution in [2.75, 3.05) is 4.90 Å². The molecule has 0 saturated carbocycles. The lowest BCUT2D eigenvalue weighted by Gasteiger charge is -2.33. The third kappa shape index (κ3) is 6.39. The van der Waals surface area contributed by atoms with Crippen LogP contribution in [-0.2, 0) is 16.1 Å². The number of hydrogen-bond acceptors (Lipinski definition) is 6. The quantitative estimate of drug-likeness (QED) is 0.381. The number of phenolic OH excluding ortho intramolecular Hbond substituents is 1. The van der Waals surface area contributed by atoms with Crippen LogP contribution >= 0.6 is 0 Å². The maximum absolute atomic E-state index is 13.8. The molecule has 4 rings (SSSR count). The Balaban J connectivity index is 1.74. The van der Waals surface area contributed by atoms with E-state index in [-0.39, 0.29) is 18.0 Å². The van der Waals surface area contributed by atoms with E-state index in [4.69, 9.17) is 0 Å². The third-order valence-electron chi connectivity index (χ3n) is 5.61. The zero-order valence-corrected chi connectivity index (χ0v) is 21.6. The number of benzene rings is 3. The molecule has 1 atom stereocenters. The molecular weight excluding hydrogens is 487 g/mol. The molecular formula is C28H29FN6O3. The SMILES string of the molecule is Cc1ccc(-c2nnn(CC(=O)N(c3cccc(O)c3)C(C(=O)NC(C)(C)C)c3ccc(F)cc3)n2)cc1. The summed E-state index contributed by atoms with van der Waals surface area (Å²) in [5.41, 5.74) is 1.87. The fourth-order valence-electron chi connectivity index (χ4n) is 3.91. The molecule has 196 valence electrons. The normalized spacial score (nSPS) is 12.1. The van der Waals surface area contributed by atoms with Gasteiger partial charge in [0.15, 0.2) is 0 Å². The number of nitrogens with zero attached hydrogens (tertiary/aromatic N) is 5. The van der Waals surface area contributed by atoms with Gasteiger partial charge in [-0.15, -0.1) is 10.2 Å². The van der Waals surface area contributed by atoms with Crippen LogP contribution in [0.4, 0.5) is 10.1 Å². The van der Waals surface area contributed by atoms with Crippen molar-refractivity contribution in [1.82, 2.24) is 25.5 Å². The number of aromatic nitrogens is 4. The molecule has 2 amide bonds. The average molecular weight is 517 g/mol. The van der Waals surface area contributed by atoms with Gasteiger partial charge in [0.25, 0.3) is 5.91 Å². The number of aryl methyl sites for hydroxylation is 1. The van der Waals surface area contributed by atoms with Gasteiger partial charge in [-0.2, -0.15) is 4.80 Å². The van der Waals surface area contributed by atoms with Crippen molar-refractivity contribution in [3.63, 3.8) is 0 Å². The highest BCUT2D eigenvalue weighted by molar-refractivity contribution is 6.01. The first kappa shape index (κ1) is 26.5. The van der Waals surface area contributed by atoms with Crippen molar-refractivity contribution in [1.29, 1.82) is 0 Å². The minimum atomic E-state index is -1.18. The largest absolute Gasteiger partial charge is 0.508 e. The maximum Gasteiger partial charge on any atom is 0.251 e. The number of carbonyl (C=O) groups excluding carboxylic acids is 2.